The highest BCUT2D eigenvalue weighted by molar-refractivity contribution is 9.10. The molecule has 7 heteroatoms. The van der Waals surface area contributed by atoms with E-state index >= 15 is 0 Å². The number of hydrogen-bond donors (Lipinski definition) is 4. The van der Waals surface area contributed by atoms with Crippen molar-refractivity contribution in [3.05, 3.63) is 22.7 Å². The molecule has 0 aliphatic heterocycles. The van der Waals surface area contributed by atoms with Gasteiger partial charge in [-0.2, -0.15) is 0 Å². The Morgan fingerprint density at radius 3 is 2.73 bits per heavy atom. The van der Waals surface area contributed by atoms with E-state index in [1.165, 1.54) is 5.01 Å². The van der Waals surface area contributed by atoms with Gasteiger partial charge in [-0.25, -0.2) is 5.84 Å². The van der Waals surface area contributed by atoms with Crippen molar-refractivity contribution in [2.75, 3.05) is 18.1 Å². The number of hydrazine groups is 1. The molecule has 0 saturated heterocycles. The van der Waals surface area contributed by atoms with E-state index in [1.54, 1.807) is 13.1 Å². The van der Waals surface area contributed by atoms with Gasteiger partial charge in [0, 0.05) is 11.5 Å². The molecular weight excluding hydrogens is 260 g/mol. The molecule has 0 aromatic heterocycles. The molecule has 1 rings (SSSR count). The monoisotopic (exact) mass is 272 g/mol. The molecule has 6 nitrogen and oxygen atoms in total. The largest absolute Gasteiger partial charge is 0.396 e. The Morgan fingerprint density at radius 1 is 1.53 bits per heavy atom. The summed E-state index contributed by atoms with van der Waals surface area (Å²) in [6.45, 7) is 0. The molecule has 0 aliphatic carbocycles. The van der Waals surface area contributed by atoms with E-state index in [0.717, 1.165) is 4.47 Å². The standard InChI is InChI=1S/C8H13BrN6/c1-15(12)8(14-11)13-6-4-2-3-5(9)7(6)10/h2-4H,10-12H2,1H3,(H,13,14). The third-order valence-electron chi connectivity index (χ3n) is 1.76. The molecule has 0 amide bonds. The highest BCUT2D eigenvalue weighted by Crippen LogP contribution is 2.27. The van der Waals surface area contributed by atoms with Crippen molar-refractivity contribution in [1.29, 1.82) is 0 Å². The molecule has 1 aromatic rings. The minimum Gasteiger partial charge on any atom is -0.396 e. The van der Waals surface area contributed by atoms with E-state index in [0.29, 0.717) is 17.3 Å². The molecule has 0 heterocycles. The summed E-state index contributed by atoms with van der Waals surface area (Å²) in [5.74, 6) is 11.0. The fraction of sp³-hybridized carbons (Fsp3) is 0.125. The summed E-state index contributed by atoms with van der Waals surface area (Å²) in [7, 11) is 1.62. The van der Waals surface area contributed by atoms with Crippen molar-refractivity contribution in [3.8, 4) is 0 Å². The number of benzene rings is 1. The lowest BCUT2D eigenvalue weighted by molar-refractivity contribution is 0.535. The summed E-state index contributed by atoms with van der Waals surface area (Å²) < 4.78 is 0.795. The van der Waals surface area contributed by atoms with Gasteiger partial charge in [-0.05, 0) is 28.1 Å². The highest BCUT2D eigenvalue weighted by atomic mass is 79.9. The molecule has 0 atom stereocenters. The Hall–Kier alpha value is -1.47. The molecule has 0 saturated carbocycles. The fourth-order valence-electron chi connectivity index (χ4n) is 0.978. The van der Waals surface area contributed by atoms with Crippen LogP contribution >= 0.6 is 15.9 Å². The molecule has 0 aliphatic rings. The number of halogens is 1. The van der Waals surface area contributed by atoms with Crippen LogP contribution in [0, 0.1) is 0 Å². The van der Waals surface area contributed by atoms with Gasteiger partial charge < -0.3 is 16.9 Å². The maximum Gasteiger partial charge on any atom is 0.234 e. The number of nitrogens with one attached hydrogen (secondary N) is 1. The van der Waals surface area contributed by atoms with Crippen LogP contribution in [0.1, 0.15) is 0 Å². The molecule has 0 fully saturated rings. The van der Waals surface area contributed by atoms with Gasteiger partial charge in [0.05, 0.1) is 11.4 Å². The molecule has 7 N–H and O–H groups in total. The van der Waals surface area contributed by atoms with Crippen molar-refractivity contribution in [2.45, 2.75) is 0 Å². The number of nitrogens with zero attached hydrogens (tertiary/aromatic N) is 2. The number of nitrogens with two attached hydrogens (primary N) is 3. The maximum absolute atomic E-state index is 5.82. The third-order valence-corrected chi connectivity index (χ3v) is 2.45. The van der Waals surface area contributed by atoms with Gasteiger partial charge in [0.15, 0.2) is 0 Å². The van der Waals surface area contributed by atoms with Gasteiger partial charge in [-0.1, -0.05) is 6.07 Å². The quantitative estimate of drug-likeness (QED) is 0.196. The number of anilines is 2. The predicted octanol–water partition coefficient (Wildman–Crippen LogP) is 0.478. The van der Waals surface area contributed by atoms with Crippen LogP contribution in [0.4, 0.5) is 11.4 Å². The number of para-hydroxylation sites is 1. The average Bonchev–Trinajstić information content (AvgIpc) is 2.19. The summed E-state index contributed by atoms with van der Waals surface area (Å²) in [6.07, 6.45) is 0. The summed E-state index contributed by atoms with van der Waals surface area (Å²) >= 11 is 3.31. The predicted molar refractivity (Wildman–Crippen MR) is 65.7 cm³/mol. The summed E-state index contributed by atoms with van der Waals surface area (Å²) in [5.41, 5.74) is 7.08. The highest BCUT2D eigenvalue weighted by Gasteiger charge is 2.06. The normalized spacial score (nSPS) is 11.3. The zero-order valence-electron chi connectivity index (χ0n) is 8.24. The number of hydrogen-bond acceptors (Lipinski definition) is 4. The first-order valence-corrected chi connectivity index (χ1v) is 4.93. The van der Waals surface area contributed by atoms with Gasteiger partial charge in [0.25, 0.3) is 0 Å². The lowest BCUT2D eigenvalue weighted by Gasteiger charge is -2.17. The van der Waals surface area contributed by atoms with Gasteiger partial charge in [0.1, 0.15) is 0 Å². The van der Waals surface area contributed by atoms with Crippen LogP contribution < -0.4 is 22.7 Å². The first-order chi connectivity index (χ1) is 7.06. The molecule has 82 valence electrons. The summed E-state index contributed by atoms with van der Waals surface area (Å²) in [6, 6.07) is 5.48. The second-order valence-corrected chi connectivity index (χ2v) is 3.74. The Morgan fingerprint density at radius 2 is 2.20 bits per heavy atom. The Bertz CT molecular complexity index is 375. The molecule has 0 unspecified atom stereocenters. The minimum absolute atomic E-state index is 0.319. The van der Waals surface area contributed by atoms with Gasteiger partial charge in [-0.15, -0.1) is 5.10 Å². The smallest absolute Gasteiger partial charge is 0.234 e. The topological polar surface area (TPSA) is 106 Å². The van der Waals surface area contributed by atoms with E-state index in [2.05, 4.69) is 26.3 Å². The van der Waals surface area contributed by atoms with Crippen LogP contribution in [-0.2, 0) is 0 Å². The molecule has 1 aromatic carbocycles. The van der Waals surface area contributed by atoms with Gasteiger partial charge >= 0.3 is 0 Å². The Balaban J connectivity index is 2.94. The van der Waals surface area contributed by atoms with Crippen LogP contribution in [0.5, 0.6) is 0 Å². The number of hydrazone groups is 1. The van der Waals surface area contributed by atoms with E-state index in [9.17, 15) is 0 Å². The van der Waals surface area contributed by atoms with Crippen molar-refractivity contribution < 1.29 is 0 Å². The Labute approximate surface area is 96.2 Å². The Kier molecular flexibility index (Phi) is 3.75. The van der Waals surface area contributed by atoms with Crippen molar-refractivity contribution in [3.63, 3.8) is 0 Å². The maximum atomic E-state index is 5.82. The van der Waals surface area contributed by atoms with Crippen molar-refractivity contribution >= 4 is 33.3 Å². The first-order valence-electron chi connectivity index (χ1n) is 4.13. The van der Waals surface area contributed by atoms with Crippen LogP contribution in [0.25, 0.3) is 0 Å². The van der Waals surface area contributed by atoms with E-state index < -0.39 is 0 Å². The van der Waals surface area contributed by atoms with Crippen molar-refractivity contribution in [1.82, 2.24) is 5.01 Å². The number of nitrogen functional groups attached to an aromatic ring is 1. The molecule has 15 heavy (non-hydrogen) atoms. The SMILES string of the molecule is CN(N)/C(=N\N)Nc1cccc(Br)c1N. The second-order valence-electron chi connectivity index (χ2n) is 2.89. The lowest BCUT2D eigenvalue weighted by Crippen LogP contribution is -2.39. The van der Waals surface area contributed by atoms with Crippen LogP contribution in [0.3, 0.4) is 0 Å². The molecule has 0 spiro atoms. The summed E-state index contributed by atoms with van der Waals surface area (Å²) in [4.78, 5) is 0. The average molecular weight is 273 g/mol. The van der Waals surface area contributed by atoms with Gasteiger partial charge in [-0.3, -0.25) is 5.01 Å². The van der Waals surface area contributed by atoms with Crippen LogP contribution in [-0.4, -0.2) is 18.0 Å². The van der Waals surface area contributed by atoms with E-state index in [-0.39, 0.29) is 0 Å². The molecule has 0 bridgehead atoms. The van der Waals surface area contributed by atoms with E-state index in [1.807, 2.05) is 12.1 Å². The zero-order chi connectivity index (χ0) is 11.4. The molecular formula is C8H13BrN6. The fourth-order valence-corrected chi connectivity index (χ4v) is 1.34. The van der Waals surface area contributed by atoms with Crippen LogP contribution in [0.2, 0.25) is 0 Å². The summed E-state index contributed by atoms with van der Waals surface area (Å²) in [5, 5.41) is 7.66. The number of guanidine groups is 1. The van der Waals surface area contributed by atoms with Gasteiger partial charge in [0.2, 0.25) is 5.96 Å². The number of rotatable bonds is 1. The zero-order valence-corrected chi connectivity index (χ0v) is 9.82. The first kappa shape index (κ1) is 11.6. The van der Waals surface area contributed by atoms with Crippen LogP contribution in [0.15, 0.2) is 27.8 Å². The lowest BCUT2D eigenvalue weighted by atomic mass is 10.3. The molecule has 0 radical (unpaired) electrons. The second kappa shape index (κ2) is 4.85. The van der Waals surface area contributed by atoms with E-state index in [4.69, 9.17) is 17.4 Å². The van der Waals surface area contributed by atoms with Crippen molar-refractivity contribution in [2.24, 2.45) is 16.8 Å². The minimum atomic E-state index is 0.319. The third kappa shape index (κ3) is 2.74.